The number of rotatable bonds is 13. The Balaban J connectivity index is 1.79. The Morgan fingerprint density at radius 1 is 0.750 bits per heavy atom. The third kappa shape index (κ3) is 9.89. The monoisotopic (exact) mass is 562 g/mol. The van der Waals surface area contributed by atoms with Gasteiger partial charge in [-0.15, -0.1) is 0 Å². The van der Waals surface area contributed by atoms with E-state index in [1.807, 2.05) is 60.7 Å². The number of aryl methyl sites for hydroxylation is 1. The minimum Gasteiger partial charge on any atom is -0.508 e. The zero-order chi connectivity index (χ0) is 28.9. The summed E-state index contributed by atoms with van der Waals surface area (Å²) in [5.74, 6) is -1.54. The van der Waals surface area contributed by atoms with Crippen LogP contribution in [-0.4, -0.2) is 52.4 Å². The van der Waals surface area contributed by atoms with E-state index < -0.39 is 35.1 Å². The summed E-state index contributed by atoms with van der Waals surface area (Å²) in [6.07, 6.45) is 1.31. The van der Waals surface area contributed by atoms with Crippen LogP contribution >= 0.6 is 11.8 Å². The van der Waals surface area contributed by atoms with Gasteiger partial charge in [0.15, 0.2) is 5.12 Å². The van der Waals surface area contributed by atoms with Gasteiger partial charge in [-0.25, -0.2) is 4.79 Å². The molecular weight excluding hydrogens is 528 g/mol. The Bertz CT molecular complexity index is 1270. The lowest BCUT2D eigenvalue weighted by molar-refractivity contribution is -0.145. The van der Waals surface area contributed by atoms with Gasteiger partial charge in [-0.1, -0.05) is 84.6 Å². The Labute approximate surface area is 238 Å². The average Bonchev–Trinajstić information content (AvgIpc) is 2.96. The summed E-state index contributed by atoms with van der Waals surface area (Å²) >= 11 is 0.935. The van der Waals surface area contributed by atoms with Gasteiger partial charge in [-0.05, 0) is 41.7 Å². The maximum atomic E-state index is 13.5. The van der Waals surface area contributed by atoms with E-state index in [0.29, 0.717) is 18.4 Å². The lowest BCUT2D eigenvalue weighted by atomic mass is 10.0. The van der Waals surface area contributed by atoms with E-state index in [0.717, 1.165) is 22.9 Å². The second-order valence-corrected chi connectivity index (χ2v) is 10.7. The number of aromatic hydroxyl groups is 1. The molecule has 2 amide bonds. The molecule has 0 saturated carbocycles. The van der Waals surface area contributed by atoms with Crippen LogP contribution in [-0.2, 0) is 43.2 Å². The lowest BCUT2D eigenvalue weighted by Gasteiger charge is -2.24. The molecule has 210 valence electrons. The van der Waals surface area contributed by atoms with Gasteiger partial charge in [0.25, 0.3) is 0 Å². The van der Waals surface area contributed by atoms with Gasteiger partial charge < -0.3 is 20.5 Å². The standard InChI is InChI=1S/C31H34N2O6S/c1-21(34)40-28(18-15-22-9-5-3-6-10-22)30(37)32-26(19-23-11-7-4-8-12-23)29(36)33-27(31(38)39-2)20-24-13-16-25(35)17-14-24/h3-14,16-17,26-28,35H,15,18-20H2,1-2H3,(H,32,37)(H,33,36)/t26-,27-,28+/m0/s1. The number of hydrogen-bond donors (Lipinski definition) is 3. The third-order valence-corrected chi connectivity index (χ3v) is 7.30. The number of phenols is 1. The number of hydrogen-bond acceptors (Lipinski definition) is 7. The first kappa shape index (κ1) is 30.4. The molecule has 0 aliphatic carbocycles. The number of ether oxygens (including phenoxy) is 1. The molecule has 0 heterocycles. The van der Waals surface area contributed by atoms with Crippen LogP contribution in [0, 0.1) is 0 Å². The largest absolute Gasteiger partial charge is 0.508 e. The van der Waals surface area contributed by atoms with Crippen LogP contribution in [0.1, 0.15) is 30.0 Å². The summed E-state index contributed by atoms with van der Waals surface area (Å²) in [6.45, 7) is 1.41. The Hall–Kier alpha value is -4.11. The molecule has 40 heavy (non-hydrogen) atoms. The molecule has 0 saturated heterocycles. The van der Waals surface area contributed by atoms with Crippen LogP contribution in [0.2, 0.25) is 0 Å². The van der Waals surface area contributed by atoms with E-state index in [1.54, 1.807) is 12.1 Å². The summed E-state index contributed by atoms with van der Waals surface area (Å²) in [4.78, 5) is 51.5. The maximum absolute atomic E-state index is 13.5. The van der Waals surface area contributed by atoms with Crippen molar-refractivity contribution in [3.63, 3.8) is 0 Å². The molecular formula is C31H34N2O6S. The fraction of sp³-hybridized carbons (Fsp3) is 0.290. The highest BCUT2D eigenvalue weighted by atomic mass is 32.2. The molecule has 0 aliphatic heterocycles. The highest BCUT2D eigenvalue weighted by Gasteiger charge is 2.30. The van der Waals surface area contributed by atoms with Crippen LogP contribution in [0.4, 0.5) is 0 Å². The van der Waals surface area contributed by atoms with Crippen molar-refractivity contribution in [2.24, 2.45) is 0 Å². The van der Waals surface area contributed by atoms with Crippen molar-refractivity contribution in [1.82, 2.24) is 10.6 Å². The molecule has 3 aromatic carbocycles. The van der Waals surface area contributed by atoms with Crippen molar-refractivity contribution in [3.05, 3.63) is 102 Å². The molecule has 0 bridgehead atoms. The van der Waals surface area contributed by atoms with Crippen LogP contribution in [0.25, 0.3) is 0 Å². The fourth-order valence-corrected chi connectivity index (χ4v) is 5.00. The van der Waals surface area contributed by atoms with Crippen molar-refractivity contribution in [1.29, 1.82) is 0 Å². The number of carbonyl (C=O) groups excluding carboxylic acids is 4. The number of esters is 1. The molecule has 3 atom stereocenters. The fourth-order valence-electron chi connectivity index (χ4n) is 4.19. The van der Waals surface area contributed by atoms with E-state index in [1.165, 1.54) is 26.2 Å². The molecule has 9 heteroatoms. The molecule has 3 N–H and O–H groups in total. The number of nitrogens with one attached hydrogen (secondary N) is 2. The van der Waals surface area contributed by atoms with Gasteiger partial charge in [-0.2, -0.15) is 0 Å². The van der Waals surface area contributed by atoms with Crippen molar-refractivity contribution in [2.45, 2.75) is 49.9 Å². The van der Waals surface area contributed by atoms with E-state index in [9.17, 15) is 24.3 Å². The Kier molecular flexibility index (Phi) is 11.8. The summed E-state index contributed by atoms with van der Waals surface area (Å²) in [5, 5.41) is 14.2. The topological polar surface area (TPSA) is 122 Å². The molecule has 3 aromatic rings. The molecule has 0 spiro atoms. The average molecular weight is 563 g/mol. The summed E-state index contributed by atoms with van der Waals surface area (Å²) in [7, 11) is 1.23. The quantitative estimate of drug-likeness (QED) is 0.272. The summed E-state index contributed by atoms with van der Waals surface area (Å²) in [6, 6.07) is 23.1. The number of amides is 2. The zero-order valence-electron chi connectivity index (χ0n) is 22.5. The van der Waals surface area contributed by atoms with Gasteiger partial charge in [0.2, 0.25) is 11.8 Å². The minimum absolute atomic E-state index is 0.0818. The smallest absolute Gasteiger partial charge is 0.328 e. The molecule has 0 radical (unpaired) electrons. The second-order valence-electron chi connectivity index (χ2n) is 9.33. The summed E-state index contributed by atoms with van der Waals surface area (Å²) in [5.41, 5.74) is 2.56. The second kappa shape index (κ2) is 15.5. The molecule has 0 unspecified atom stereocenters. The predicted octanol–water partition coefficient (Wildman–Crippen LogP) is 3.60. The van der Waals surface area contributed by atoms with Crippen LogP contribution < -0.4 is 10.6 Å². The first-order chi connectivity index (χ1) is 19.2. The number of thioether (sulfide) groups is 1. The van der Waals surface area contributed by atoms with Gasteiger partial charge in [0.05, 0.1) is 12.4 Å². The van der Waals surface area contributed by atoms with Crippen LogP contribution in [0.15, 0.2) is 84.9 Å². The highest BCUT2D eigenvalue weighted by molar-refractivity contribution is 8.14. The van der Waals surface area contributed by atoms with Crippen molar-refractivity contribution in [2.75, 3.05) is 7.11 Å². The van der Waals surface area contributed by atoms with E-state index >= 15 is 0 Å². The SMILES string of the molecule is COC(=O)[C@H](Cc1ccc(O)cc1)NC(=O)[C@H](Cc1ccccc1)NC(=O)[C@@H](CCc1ccccc1)SC(C)=O. The molecule has 0 aromatic heterocycles. The first-order valence-electron chi connectivity index (χ1n) is 13.0. The van der Waals surface area contributed by atoms with E-state index in [4.69, 9.17) is 4.74 Å². The molecule has 3 rings (SSSR count). The van der Waals surface area contributed by atoms with E-state index in [-0.39, 0.29) is 23.7 Å². The number of carbonyl (C=O) groups is 4. The molecule has 0 fully saturated rings. The van der Waals surface area contributed by atoms with Crippen LogP contribution in [0.3, 0.4) is 0 Å². The zero-order valence-corrected chi connectivity index (χ0v) is 23.4. The van der Waals surface area contributed by atoms with Crippen LogP contribution in [0.5, 0.6) is 5.75 Å². The third-order valence-electron chi connectivity index (χ3n) is 6.23. The van der Waals surface area contributed by atoms with Gasteiger partial charge >= 0.3 is 5.97 Å². The Morgan fingerprint density at radius 3 is 1.85 bits per heavy atom. The van der Waals surface area contributed by atoms with Crippen molar-refractivity contribution in [3.8, 4) is 5.75 Å². The number of methoxy groups -OCH3 is 1. The van der Waals surface area contributed by atoms with Gasteiger partial charge in [-0.3, -0.25) is 14.4 Å². The van der Waals surface area contributed by atoms with Crippen molar-refractivity contribution < 1.29 is 29.0 Å². The lowest BCUT2D eigenvalue weighted by Crippen LogP contribution is -2.54. The Morgan fingerprint density at radius 2 is 1.27 bits per heavy atom. The van der Waals surface area contributed by atoms with Crippen molar-refractivity contribution >= 4 is 34.7 Å². The van der Waals surface area contributed by atoms with E-state index in [2.05, 4.69) is 10.6 Å². The number of benzene rings is 3. The molecule has 8 nitrogen and oxygen atoms in total. The first-order valence-corrected chi connectivity index (χ1v) is 13.8. The summed E-state index contributed by atoms with van der Waals surface area (Å²) < 4.78 is 4.91. The van der Waals surface area contributed by atoms with Gasteiger partial charge in [0.1, 0.15) is 17.8 Å². The number of phenolic OH excluding ortho intramolecular Hbond substituents is 1. The highest BCUT2D eigenvalue weighted by Crippen LogP contribution is 2.20. The maximum Gasteiger partial charge on any atom is 0.328 e. The normalized spacial score (nSPS) is 12.9. The predicted molar refractivity (Wildman–Crippen MR) is 155 cm³/mol. The minimum atomic E-state index is -1.02. The molecule has 0 aliphatic rings. The van der Waals surface area contributed by atoms with Gasteiger partial charge in [0, 0.05) is 19.8 Å².